The smallest absolute Gasteiger partial charge is 0.213 e. The highest BCUT2D eigenvalue weighted by Crippen LogP contribution is 2.48. The Balaban J connectivity index is 1.48. The monoisotopic (exact) mass is 520 g/mol. The predicted octanol–water partition coefficient (Wildman–Crippen LogP) is 7.27. The number of nitrogens with zero attached hydrogens (tertiary/aromatic N) is 2. The van der Waals surface area contributed by atoms with Gasteiger partial charge in [0.2, 0.25) is 6.23 Å². The summed E-state index contributed by atoms with van der Waals surface area (Å²) in [4.78, 5) is 0. The van der Waals surface area contributed by atoms with Crippen molar-refractivity contribution < 1.29 is 14.2 Å². The van der Waals surface area contributed by atoms with Crippen LogP contribution in [0.15, 0.2) is 76.3 Å². The number of hydrogen-bond donors (Lipinski definition) is 0. The van der Waals surface area contributed by atoms with E-state index in [-0.39, 0.29) is 24.5 Å². The zero-order valence-electron chi connectivity index (χ0n) is 19.9. The van der Waals surface area contributed by atoms with E-state index in [2.05, 4.69) is 51.3 Å². The van der Waals surface area contributed by atoms with Crippen molar-refractivity contribution in [2.45, 2.75) is 58.6 Å². The highest BCUT2D eigenvalue weighted by atomic mass is 79.9. The van der Waals surface area contributed by atoms with Gasteiger partial charge in [0.25, 0.3) is 0 Å². The van der Waals surface area contributed by atoms with Crippen LogP contribution in [0.2, 0.25) is 0 Å². The quantitative estimate of drug-likeness (QED) is 0.342. The van der Waals surface area contributed by atoms with E-state index in [4.69, 9.17) is 19.3 Å². The maximum atomic E-state index is 6.49. The first kappa shape index (κ1) is 22.8. The second-order valence-electron chi connectivity index (χ2n) is 9.23. The summed E-state index contributed by atoms with van der Waals surface area (Å²) >= 11 is 3.62. The molecule has 34 heavy (non-hydrogen) atoms. The molecule has 176 valence electrons. The van der Waals surface area contributed by atoms with Crippen molar-refractivity contribution in [2.24, 2.45) is 5.10 Å². The third-order valence-corrected chi connectivity index (χ3v) is 6.34. The Labute approximate surface area is 209 Å². The molecule has 2 aliphatic heterocycles. The lowest BCUT2D eigenvalue weighted by Gasteiger charge is -2.38. The van der Waals surface area contributed by atoms with Crippen LogP contribution >= 0.6 is 15.9 Å². The molecule has 5 rings (SSSR count). The van der Waals surface area contributed by atoms with Crippen LogP contribution in [0.4, 0.5) is 0 Å². The minimum Gasteiger partial charge on any atom is -0.491 e. The average Bonchev–Trinajstić information content (AvgIpc) is 3.25. The number of ether oxygens (including phenoxy) is 3. The van der Waals surface area contributed by atoms with Crippen molar-refractivity contribution in [3.63, 3.8) is 0 Å². The molecule has 0 saturated heterocycles. The van der Waals surface area contributed by atoms with Gasteiger partial charge in [-0.25, -0.2) is 5.01 Å². The lowest BCUT2D eigenvalue weighted by molar-refractivity contribution is -0.0191. The van der Waals surface area contributed by atoms with E-state index in [1.807, 2.05) is 64.1 Å². The fraction of sp³-hybridized carbons (Fsp3) is 0.321. The first-order valence-corrected chi connectivity index (χ1v) is 12.5. The summed E-state index contributed by atoms with van der Waals surface area (Å²) in [6, 6.07) is 22.6. The molecule has 0 saturated carbocycles. The lowest BCUT2D eigenvalue weighted by atomic mass is 9.96. The van der Waals surface area contributed by atoms with Crippen molar-refractivity contribution >= 4 is 21.6 Å². The van der Waals surface area contributed by atoms with E-state index >= 15 is 0 Å². The van der Waals surface area contributed by atoms with Gasteiger partial charge in [-0.05, 0) is 100.0 Å². The van der Waals surface area contributed by atoms with Crippen molar-refractivity contribution in [3.8, 4) is 17.2 Å². The van der Waals surface area contributed by atoms with Gasteiger partial charge in [-0.3, -0.25) is 0 Å². The van der Waals surface area contributed by atoms with E-state index in [9.17, 15) is 0 Å². The van der Waals surface area contributed by atoms with Gasteiger partial charge in [0.05, 0.1) is 24.0 Å². The molecule has 0 spiro atoms. The SMILES string of the molecule is CC(C)Oc1ccc(C2=NN3[C@H](C2)c2cc(Br)ccc2O[C@H]3c2ccc(OC(C)C)cc2)cc1. The molecule has 2 atom stereocenters. The third kappa shape index (κ3) is 4.64. The molecule has 0 aromatic heterocycles. The number of rotatable bonds is 6. The van der Waals surface area contributed by atoms with Gasteiger partial charge in [-0.1, -0.05) is 15.9 Å². The topological polar surface area (TPSA) is 43.3 Å². The molecule has 6 heteroatoms. The summed E-state index contributed by atoms with van der Waals surface area (Å²) in [5.74, 6) is 2.62. The van der Waals surface area contributed by atoms with Crippen LogP contribution in [0, 0.1) is 0 Å². The standard InChI is InChI=1S/C28H29BrN2O3/c1-17(2)32-22-10-5-19(6-11-22)25-16-26-24-15-21(29)9-14-27(24)34-28(31(26)30-25)20-7-12-23(13-8-20)33-18(3)4/h5-15,17-18,26,28H,16H2,1-4H3/t26-,28+/m1/s1. The highest BCUT2D eigenvalue weighted by Gasteiger charge is 2.41. The van der Waals surface area contributed by atoms with Gasteiger partial charge in [-0.2, -0.15) is 5.10 Å². The number of hydrazone groups is 1. The molecule has 0 aliphatic carbocycles. The van der Waals surface area contributed by atoms with Crippen molar-refractivity contribution in [1.82, 2.24) is 5.01 Å². The molecule has 3 aromatic carbocycles. The normalized spacial score (nSPS) is 18.9. The van der Waals surface area contributed by atoms with Crippen LogP contribution in [-0.2, 0) is 0 Å². The Kier molecular flexibility index (Phi) is 6.26. The van der Waals surface area contributed by atoms with E-state index in [1.165, 1.54) is 0 Å². The Morgan fingerprint density at radius 3 is 2.12 bits per heavy atom. The minimum absolute atomic E-state index is 0.0967. The third-order valence-electron chi connectivity index (χ3n) is 5.85. The van der Waals surface area contributed by atoms with E-state index in [0.29, 0.717) is 0 Å². The molecule has 5 nitrogen and oxygen atoms in total. The van der Waals surface area contributed by atoms with Crippen molar-refractivity contribution in [1.29, 1.82) is 0 Å². The largest absolute Gasteiger partial charge is 0.491 e. The van der Waals surface area contributed by atoms with Gasteiger partial charge >= 0.3 is 0 Å². The number of halogens is 1. The summed E-state index contributed by atoms with van der Waals surface area (Å²) in [6.45, 7) is 8.12. The molecule has 0 N–H and O–H groups in total. The molecule has 2 heterocycles. The Morgan fingerprint density at radius 2 is 1.50 bits per heavy atom. The van der Waals surface area contributed by atoms with E-state index in [1.54, 1.807) is 0 Å². The second kappa shape index (κ2) is 9.34. The van der Waals surface area contributed by atoms with Crippen LogP contribution in [0.5, 0.6) is 17.2 Å². The number of fused-ring (bicyclic) bond motifs is 3. The Hall–Kier alpha value is -2.99. The maximum Gasteiger partial charge on any atom is 0.213 e. The molecule has 0 unspecified atom stereocenters. The molecule has 0 fully saturated rings. The molecule has 3 aromatic rings. The van der Waals surface area contributed by atoms with Gasteiger partial charge in [0.1, 0.15) is 17.2 Å². The fourth-order valence-corrected chi connectivity index (χ4v) is 4.81. The molecular formula is C28H29BrN2O3. The van der Waals surface area contributed by atoms with Gasteiger partial charge in [0.15, 0.2) is 0 Å². The molecule has 0 bridgehead atoms. The summed E-state index contributed by atoms with van der Waals surface area (Å²) in [5, 5.41) is 7.16. The fourth-order valence-electron chi connectivity index (χ4n) is 4.43. The first-order valence-electron chi connectivity index (χ1n) is 11.7. The summed E-state index contributed by atoms with van der Waals surface area (Å²) in [5.41, 5.74) is 4.33. The van der Waals surface area contributed by atoms with Gasteiger partial charge < -0.3 is 14.2 Å². The molecule has 0 amide bonds. The lowest BCUT2D eigenvalue weighted by Crippen LogP contribution is -2.33. The summed E-state index contributed by atoms with van der Waals surface area (Å²) < 4.78 is 19.2. The van der Waals surface area contributed by atoms with Crippen molar-refractivity contribution in [3.05, 3.63) is 87.9 Å². The highest BCUT2D eigenvalue weighted by molar-refractivity contribution is 9.10. The van der Waals surface area contributed by atoms with Crippen LogP contribution in [0.25, 0.3) is 0 Å². The zero-order chi connectivity index (χ0) is 23.8. The maximum absolute atomic E-state index is 6.49. The predicted molar refractivity (Wildman–Crippen MR) is 138 cm³/mol. The Morgan fingerprint density at radius 1 is 0.882 bits per heavy atom. The van der Waals surface area contributed by atoms with Crippen molar-refractivity contribution in [2.75, 3.05) is 0 Å². The van der Waals surface area contributed by atoms with Crippen LogP contribution in [-0.4, -0.2) is 22.9 Å². The van der Waals surface area contributed by atoms with Gasteiger partial charge in [0, 0.05) is 22.0 Å². The molecule has 2 aliphatic rings. The second-order valence-corrected chi connectivity index (χ2v) is 10.1. The summed E-state index contributed by atoms with van der Waals surface area (Å²) in [6.07, 6.45) is 0.776. The zero-order valence-corrected chi connectivity index (χ0v) is 21.5. The first-order chi connectivity index (χ1) is 16.4. The summed E-state index contributed by atoms with van der Waals surface area (Å²) in [7, 11) is 0. The van der Waals surface area contributed by atoms with E-state index in [0.717, 1.165) is 50.5 Å². The average molecular weight is 521 g/mol. The molecular weight excluding hydrogens is 492 g/mol. The Bertz CT molecular complexity index is 1190. The number of benzene rings is 3. The van der Waals surface area contributed by atoms with Crippen LogP contribution in [0.1, 0.15) is 63.1 Å². The minimum atomic E-state index is -0.312. The molecule has 0 radical (unpaired) electrons. The number of hydrogen-bond acceptors (Lipinski definition) is 5. The van der Waals surface area contributed by atoms with Gasteiger partial charge in [-0.15, -0.1) is 0 Å². The van der Waals surface area contributed by atoms with Crippen LogP contribution < -0.4 is 14.2 Å². The van der Waals surface area contributed by atoms with E-state index < -0.39 is 0 Å². The van der Waals surface area contributed by atoms with Crippen LogP contribution in [0.3, 0.4) is 0 Å².